The van der Waals surface area contributed by atoms with E-state index in [-0.39, 0.29) is 31.2 Å². The summed E-state index contributed by atoms with van der Waals surface area (Å²) in [5.41, 5.74) is -0.285. The summed E-state index contributed by atoms with van der Waals surface area (Å²) in [5, 5.41) is 5.13. The van der Waals surface area contributed by atoms with Gasteiger partial charge in [-0.2, -0.15) is 13.2 Å². The number of rotatable bonds is 6. The van der Waals surface area contributed by atoms with Crippen molar-refractivity contribution in [2.75, 3.05) is 13.1 Å². The zero-order valence-corrected chi connectivity index (χ0v) is 12.5. The molecule has 1 heterocycles. The van der Waals surface area contributed by atoms with E-state index in [1.165, 1.54) is 24.5 Å². The molecule has 2 aromatic rings. The van der Waals surface area contributed by atoms with Gasteiger partial charge in [0.05, 0.1) is 18.2 Å². The van der Waals surface area contributed by atoms with Gasteiger partial charge in [0.25, 0.3) is 5.91 Å². The fourth-order valence-corrected chi connectivity index (χ4v) is 1.93. The SMILES string of the molecule is O=C(Cc1ccc(C(F)(F)F)cc1)NCCNC(=O)c1ccco1. The third-order valence-electron chi connectivity index (χ3n) is 3.12. The van der Waals surface area contributed by atoms with E-state index in [1.807, 2.05) is 0 Å². The molecule has 0 aliphatic carbocycles. The zero-order chi connectivity index (χ0) is 17.6. The van der Waals surface area contributed by atoms with Crippen molar-refractivity contribution >= 4 is 11.8 Å². The normalized spacial score (nSPS) is 11.1. The van der Waals surface area contributed by atoms with E-state index < -0.39 is 17.6 Å². The van der Waals surface area contributed by atoms with Crippen LogP contribution < -0.4 is 10.6 Å². The van der Waals surface area contributed by atoms with Gasteiger partial charge in [0.15, 0.2) is 5.76 Å². The summed E-state index contributed by atoms with van der Waals surface area (Å²) in [6, 6.07) is 7.50. The van der Waals surface area contributed by atoms with Crippen LogP contribution in [0, 0.1) is 0 Å². The first-order valence-electron chi connectivity index (χ1n) is 7.11. The van der Waals surface area contributed by atoms with E-state index in [2.05, 4.69) is 10.6 Å². The van der Waals surface area contributed by atoms with Gasteiger partial charge in [-0.1, -0.05) is 12.1 Å². The van der Waals surface area contributed by atoms with Gasteiger partial charge in [0.2, 0.25) is 5.91 Å². The lowest BCUT2D eigenvalue weighted by Gasteiger charge is -2.08. The Labute approximate surface area is 135 Å². The van der Waals surface area contributed by atoms with E-state index in [9.17, 15) is 22.8 Å². The lowest BCUT2D eigenvalue weighted by molar-refractivity contribution is -0.137. The molecule has 128 valence electrons. The molecule has 24 heavy (non-hydrogen) atoms. The quantitative estimate of drug-likeness (QED) is 0.793. The molecule has 5 nitrogen and oxygen atoms in total. The van der Waals surface area contributed by atoms with Gasteiger partial charge in [0, 0.05) is 13.1 Å². The van der Waals surface area contributed by atoms with E-state index in [1.54, 1.807) is 6.07 Å². The fourth-order valence-electron chi connectivity index (χ4n) is 1.93. The Bertz CT molecular complexity index is 680. The molecule has 0 fully saturated rings. The summed E-state index contributed by atoms with van der Waals surface area (Å²) < 4.78 is 42.2. The van der Waals surface area contributed by atoms with Crippen LogP contribution in [0.15, 0.2) is 47.1 Å². The number of carbonyl (C=O) groups is 2. The summed E-state index contributed by atoms with van der Waals surface area (Å²) in [6.45, 7) is 0.407. The van der Waals surface area contributed by atoms with Gasteiger partial charge in [-0.25, -0.2) is 0 Å². The van der Waals surface area contributed by atoms with Crippen molar-refractivity contribution in [3.63, 3.8) is 0 Å². The molecule has 0 atom stereocenters. The predicted octanol–water partition coefficient (Wildman–Crippen LogP) is 2.39. The van der Waals surface area contributed by atoms with Crippen molar-refractivity contribution in [3.05, 3.63) is 59.5 Å². The Balaban J connectivity index is 1.70. The largest absolute Gasteiger partial charge is 0.459 e. The maximum atomic E-state index is 12.4. The van der Waals surface area contributed by atoms with Crippen LogP contribution in [0.2, 0.25) is 0 Å². The molecule has 2 N–H and O–H groups in total. The number of hydrogen-bond donors (Lipinski definition) is 2. The monoisotopic (exact) mass is 340 g/mol. The van der Waals surface area contributed by atoms with Gasteiger partial charge in [0.1, 0.15) is 0 Å². The fraction of sp³-hybridized carbons (Fsp3) is 0.250. The van der Waals surface area contributed by atoms with Crippen LogP contribution in [0.1, 0.15) is 21.7 Å². The van der Waals surface area contributed by atoms with Crippen molar-refractivity contribution in [2.24, 2.45) is 0 Å². The van der Waals surface area contributed by atoms with Crippen LogP contribution in [-0.2, 0) is 17.4 Å². The van der Waals surface area contributed by atoms with Crippen LogP contribution >= 0.6 is 0 Å². The van der Waals surface area contributed by atoms with Crippen LogP contribution in [0.3, 0.4) is 0 Å². The second kappa shape index (κ2) is 7.67. The molecule has 0 saturated heterocycles. The summed E-state index contributed by atoms with van der Waals surface area (Å²) in [6.07, 6.45) is -3.06. The number of amides is 2. The molecule has 0 spiro atoms. The van der Waals surface area contributed by atoms with Crippen LogP contribution in [0.4, 0.5) is 13.2 Å². The first-order chi connectivity index (χ1) is 11.4. The number of halogens is 3. The molecule has 0 radical (unpaired) electrons. The van der Waals surface area contributed by atoms with Gasteiger partial charge in [-0.15, -0.1) is 0 Å². The minimum atomic E-state index is -4.40. The highest BCUT2D eigenvalue weighted by molar-refractivity contribution is 5.91. The Morgan fingerprint density at radius 3 is 2.25 bits per heavy atom. The lowest BCUT2D eigenvalue weighted by atomic mass is 10.1. The third kappa shape index (κ3) is 5.15. The van der Waals surface area contributed by atoms with Crippen molar-refractivity contribution < 1.29 is 27.2 Å². The van der Waals surface area contributed by atoms with Crippen LogP contribution in [0.25, 0.3) is 0 Å². The molecule has 0 aliphatic heterocycles. The highest BCUT2D eigenvalue weighted by atomic mass is 19.4. The summed E-state index contributed by atoms with van der Waals surface area (Å²) >= 11 is 0. The topological polar surface area (TPSA) is 71.3 Å². The summed E-state index contributed by atoms with van der Waals surface area (Å²) in [5.74, 6) is -0.565. The Hall–Kier alpha value is -2.77. The van der Waals surface area contributed by atoms with E-state index in [0.717, 1.165) is 12.1 Å². The molecule has 0 saturated carbocycles. The number of alkyl halides is 3. The highest BCUT2D eigenvalue weighted by Gasteiger charge is 2.29. The first kappa shape index (κ1) is 17.6. The van der Waals surface area contributed by atoms with Crippen molar-refractivity contribution in [1.82, 2.24) is 10.6 Å². The molecular weight excluding hydrogens is 325 g/mol. The zero-order valence-electron chi connectivity index (χ0n) is 12.5. The minimum absolute atomic E-state index is 0.0374. The van der Waals surface area contributed by atoms with Crippen molar-refractivity contribution in [2.45, 2.75) is 12.6 Å². The summed E-state index contributed by atoms with van der Waals surface area (Å²) in [7, 11) is 0. The number of hydrogen-bond acceptors (Lipinski definition) is 3. The molecule has 1 aromatic carbocycles. The second-order valence-corrected chi connectivity index (χ2v) is 4.95. The average Bonchev–Trinajstić information content (AvgIpc) is 3.05. The third-order valence-corrected chi connectivity index (χ3v) is 3.12. The Morgan fingerprint density at radius 2 is 1.67 bits per heavy atom. The Kier molecular flexibility index (Phi) is 5.62. The summed E-state index contributed by atoms with van der Waals surface area (Å²) in [4.78, 5) is 23.2. The molecule has 1 aromatic heterocycles. The second-order valence-electron chi connectivity index (χ2n) is 4.95. The Morgan fingerprint density at radius 1 is 1.00 bits per heavy atom. The maximum absolute atomic E-state index is 12.4. The number of furan rings is 1. The molecule has 2 amide bonds. The minimum Gasteiger partial charge on any atom is -0.459 e. The van der Waals surface area contributed by atoms with Gasteiger partial charge in [-0.3, -0.25) is 9.59 Å². The van der Waals surface area contributed by atoms with Gasteiger partial charge >= 0.3 is 6.18 Å². The highest BCUT2D eigenvalue weighted by Crippen LogP contribution is 2.29. The predicted molar refractivity (Wildman–Crippen MR) is 79.2 cm³/mol. The van der Waals surface area contributed by atoms with Crippen LogP contribution in [0.5, 0.6) is 0 Å². The number of carbonyl (C=O) groups excluding carboxylic acids is 2. The smallest absolute Gasteiger partial charge is 0.416 e. The molecule has 8 heteroatoms. The lowest BCUT2D eigenvalue weighted by Crippen LogP contribution is -2.35. The van der Waals surface area contributed by atoms with E-state index >= 15 is 0 Å². The van der Waals surface area contributed by atoms with E-state index in [0.29, 0.717) is 5.56 Å². The van der Waals surface area contributed by atoms with Crippen molar-refractivity contribution in [3.8, 4) is 0 Å². The molecule has 2 rings (SSSR count). The van der Waals surface area contributed by atoms with E-state index in [4.69, 9.17) is 4.42 Å². The molecule has 0 bridgehead atoms. The van der Waals surface area contributed by atoms with Gasteiger partial charge in [-0.05, 0) is 29.8 Å². The van der Waals surface area contributed by atoms with Crippen LogP contribution in [-0.4, -0.2) is 24.9 Å². The van der Waals surface area contributed by atoms with Crippen molar-refractivity contribution in [1.29, 1.82) is 0 Å². The number of nitrogens with one attached hydrogen (secondary N) is 2. The average molecular weight is 340 g/mol. The number of benzene rings is 1. The van der Waals surface area contributed by atoms with Gasteiger partial charge < -0.3 is 15.1 Å². The molecule has 0 unspecified atom stereocenters. The maximum Gasteiger partial charge on any atom is 0.416 e. The molecule has 0 aliphatic rings. The molecular formula is C16H15F3N2O3. The first-order valence-corrected chi connectivity index (χ1v) is 7.11. The standard InChI is InChI=1S/C16H15F3N2O3/c17-16(18,19)12-5-3-11(4-6-12)10-14(22)20-7-8-21-15(23)13-2-1-9-24-13/h1-6,9H,7-8,10H2,(H,20,22)(H,21,23).